The van der Waals surface area contributed by atoms with Crippen LogP contribution >= 0.6 is 0 Å². The molecule has 1 fully saturated rings. The average molecular weight is 439 g/mol. The minimum atomic E-state index is -0.129. The summed E-state index contributed by atoms with van der Waals surface area (Å²) >= 11 is 0. The van der Waals surface area contributed by atoms with Gasteiger partial charge in [0.15, 0.2) is 18.1 Å². The van der Waals surface area contributed by atoms with Crippen molar-refractivity contribution in [2.45, 2.75) is 12.5 Å². The molecule has 172 valence electrons. The fourth-order valence-electron chi connectivity index (χ4n) is 4.53. The fourth-order valence-corrected chi connectivity index (χ4v) is 4.53. The number of para-hydroxylation sites is 2. The van der Waals surface area contributed by atoms with Gasteiger partial charge >= 0.3 is 0 Å². The Bertz CT molecular complexity index is 927. The number of carbonyl (C=O) groups is 1. The molecule has 1 saturated heterocycles. The van der Waals surface area contributed by atoms with Crippen molar-refractivity contribution in [3.8, 4) is 11.5 Å². The number of methoxy groups -OCH3 is 1. The van der Waals surface area contributed by atoms with E-state index >= 15 is 0 Å². The number of anilines is 1. The zero-order valence-corrected chi connectivity index (χ0v) is 19.3. The molecule has 4 rings (SSSR count). The first kappa shape index (κ1) is 22.4. The zero-order valence-electron chi connectivity index (χ0n) is 19.3. The van der Waals surface area contributed by atoms with E-state index in [0.29, 0.717) is 18.0 Å². The summed E-state index contributed by atoms with van der Waals surface area (Å²) in [5, 5.41) is 3.10. The van der Waals surface area contributed by atoms with Gasteiger partial charge in [0.25, 0.3) is 5.91 Å². The summed E-state index contributed by atoms with van der Waals surface area (Å²) in [6.45, 7) is 5.65. The molecule has 0 unspecified atom stereocenters. The maximum Gasteiger partial charge on any atom is 0.258 e. The third kappa shape index (κ3) is 5.16. The van der Waals surface area contributed by atoms with Crippen LogP contribution in [0.3, 0.4) is 0 Å². The van der Waals surface area contributed by atoms with Gasteiger partial charge in [-0.2, -0.15) is 0 Å². The minimum absolute atomic E-state index is 0.0369. The number of hydrogen-bond acceptors (Lipinski definition) is 6. The van der Waals surface area contributed by atoms with Crippen LogP contribution in [0, 0.1) is 0 Å². The van der Waals surface area contributed by atoms with Crippen LogP contribution in [-0.2, 0) is 11.2 Å². The van der Waals surface area contributed by atoms with E-state index in [0.717, 1.165) is 39.1 Å². The van der Waals surface area contributed by atoms with Crippen LogP contribution in [0.4, 0.5) is 5.69 Å². The fraction of sp³-hybridized carbons (Fsp3) is 0.480. The highest BCUT2D eigenvalue weighted by atomic mass is 16.5. The molecule has 2 heterocycles. The van der Waals surface area contributed by atoms with Gasteiger partial charge in [-0.1, -0.05) is 24.3 Å². The van der Waals surface area contributed by atoms with Crippen LogP contribution < -0.4 is 19.7 Å². The van der Waals surface area contributed by atoms with Gasteiger partial charge in [-0.05, 0) is 42.8 Å². The van der Waals surface area contributed by atoms with Gasteiger partial charge in [-0.3, -0.25) is 9.69 Å². The van der Waals surface area contributed by atoms with Gasteiger partial charge < -0.3 is 24.6 Å². The van der Waals surface area contributed by atoms with E-state index in [1.807, 2.05) is 18.2 Å². The predicted molar refractivity (Wildman–Crippen MR) is 127 cm³/mol. The van der Waals surface area contributed by atoms with Crippen LogP contribution in [0.1, 0.15) is 17.2 Å². The molecule has 0 saturated carbocycles. The highest BCUT2D eigenvalue weighted by Gasteiger charge is 2.26. The molecule has 1 N–H and O–H groups in total. The molecule has 0 aromatic heterocycles. The number of fused-ring (bicyclic) bond motifs is 1. The lowest BCUT2D eigenvalue weighted by Gasteiger charge is -2.38. The normalized spacial score (nSPS) is 17.7. The predicted octanol–water partition coefficient (Wildman–Crippen LogP) is 2.17. The summed E-state index contributed by atoms with van der Waals surface area (Å²) in [7, 11) is 5.90. The van der Waals surface area contributed by atoms with E-state index in [-0.39, 0.29) is 18.6 Å². The molecule has 0 bridgehead atoms. The van der Waals surface area contributed by atoms with Gasteiger partial charge in [-0.25, -0.2) is 0 Å². The van der Waals surface area contributed by atoms with E-state index in [4.69, 9.17) is 9.47 Å². The Hall–Kier alpha value is -2.77. The summed E-state index contributed by atoms with van der Waals surface area (Å²) in [6.07, 6.45) is 1.08. The number of piperazine rings is 1. The molecular formula is C25H34N4O3. The molecule has 7 nitrogen and oxygen atoms in total. The first-order chi connectivity index (χ1) is 15.5. The van der Waals surface area contributed by atoms with E-state index in [2.05, 4.69) is 52.3 Å². The number of carbonyl (C=O) groups excluding carboxylic acids is 1. The number of likely N-dealkylation sites (N-methyl/N-ethyl adjacent to an activating group) is 2. The number of rotatable bonds is 8. The third-order valence-corrected chi connectivity index (χ3v) is 6.52. The lowest BCUT2D eigenvalue weighted by molar-refractivity contribution is -0.123. The quantitative estimate of drug-likeness (QED) is 0.682. The van der Waals surface area contributed by atoms with E-state index in [9.17, 15) is 4.79 Å². The molecule has 0 aliphatic carbocycles. The summed E-state index contributed by atoms with van der Waals surface area (Å²) < 4.78 is 11.0. The van der Waals surface area contributed by atoms with Crippen LogP contribution in [0.25, 0.3) is 0 Å². The van der Waals surface area contributed by atoms with E-state index < -0.39 is 0 Å². The van der Waals surface area contributed by atoms with Gasteiger partial charge in [0.2, 0.25) is 0 Å². The van der Waals surface area contributed by atoms with Crippen molar-refractivity contribution in [2.75, 3.05) is 72.0 Å². The monoisotopic (exact) mass is 438 g/mol. The molecule has 2 aromatic carbocycles. The third-order valence-electron chi connectivity index (χ3n) is 6.52. The molecule has 2 aliphatic heterocycles. The van der Waals surface area contributed by atoms with Crippen LogP contribution in [0.2, 0.25) is 0 Å². The lowest BCUT2D eigenvalue weighted by Crippen LogP contribution is -2.48. The number of amides is 1. The largest absolute Gasteiger partial charge is 0.493 e. The van der Waals surface area contributed by atoms with Crippen molar-refractivity contribution in [1.29, 1.82) is 0 Å². The van der Waals surface area contributed by atoms with Crippen molar-refractivity contribution >= 4 is 11.6 Å². The summed E-state index contributed by atoms with van der Waals surface area (Å²) in [5.41, 5.74) is 3.99. The van der Waals surface area contributed by atoms with Crippen LogP contribution in [0.5, 0.6) is 11.5 Å². The molecule has 2 aromatic rings. The van der Waals surface area contributed by atoms with Gasteiger partial charge in [0.1, 0.15) is 0 Å². The standard InChI is InChI=1S/C25H34N4O3/c1-27-12-14-29(15-13-27)22(19-8-9-21-20(16-19)10-11-28(21)2)17-26-25(30)18-32-24-7-5-4-6-23(24)31-3/h4-9,16,22H,10-15,17-18H2,1-3H3,(H,26,30)/t22-/m1/s1. The molecule has 2 aliphatic rings. The Kier molecular flexibility index (Phi) is 7.17. The van der Waals surface area contributed by atoms with E-state index in [1.54, 1.807) is 13.2 Å². The maximum absolute atomic E-state index is 12.6. The highest BCUT2D eigenvalue weighted by Crippen LogP contribution is 2.31. The number of ether oxygens (including phenoxy) is 2. The van der Waals surface area contributed by atoms with Crippen molar-refractivity contribution in [2.24, 2.45) is 0 Å². The molecule has 0 spiro atoms. The molecule has 0 radical (unpaired) electrons. The Morgan fingerprint density at radius 1 is 1.03 bits per heavy atom. The van der Waals surface area contributed by atoms with Crippen molar-refractivity contribution < 1.29 is 14.3 Å². The van der Waals surface area contributed by atoms with Crippen LogP contribution in [0.15, 0.2) is 42.5 Å². The van der Waals surface area contributed by atoms with E-state index in [1.165, 1.54) is 16.8 Å². The van der Waals surface area contributed by atoms with Crippen molar-refractivity contribution in [1.82, 2.24) is 15.1 Å². The molecule has 32 heavy (non-hydrogen) atoms. The van der Waals surface area contributed by atoms with Gasteiger partial charge in [0.05, 0.1) is 13.2 Å². The molecule has 1 atom stereocenters. The van der Waals surface area contributed by atoms with Gasteiger partial charge in [-0.15, -0.1) is 0 Å². The van der Waals surface area contributed by atoms with Crippen molar-refractivity contribution in [3.05, 3.63) is 53.6 Å². The number of nitrogens with zero attached hydrogens (tertiary/aromatic N) is 3. The Morgan fingerprint density at radius 3 is 2.53 bits per heavy atom. The maximum atomic E-state index is 12.6. The van der Waals surface area contributed by atoms with Crippen molar-refractivity contribution in [3.63, 3.8) is 0 Å². The summed E-state index contributed by atoms with van der Waals surface area (Å²) in [4.78, 5) is 19.8. The van der Waals surface area contributed by atoms with Crippen LogP contribution in [-0.4, -0.2) is 82.8 Å². The minimum Gasteiger partial charge on any atom is -0.493 e. The number of nitrogens with one attached hydrogen (secondary N) is 1. The number of hydrogen-bond donors (Lipinski definition) is 1. The lowest BCUT2D eigenvalue weighted by atomic mass is 10.00. The molecule has 7 heteroatoms. The Balaban J connectivity index is 1.42. The smallest absolute Gasteiger partial charge is 0.258 e. The second kappa shape index (κ2) is 10.2. The zero-order chi connectivity index (χ0) is 22.5. The number of benzene rings is 2. The molecule has 1 amide bonds. The topological polar surface area (TPSA) is 57.3 Å². The summed E-state index contributed by atoms with van der Waals surface area (Å²) in [6, 6.07) is 14.3. The SMILES string of the molecule is COc1ccccc1OCC(=O)NC[C@H](c1ccc2c(c1)CCN2C)N1CCN(C)CC1. The first-order valence-electron chi connectivity index (χ1n) is 11.3. The Labute approximate surface area is 190 Å². The average Bonchev–Trinajstić information content (AvgIpc) is 3.19. The highest BCUT2D eigenvalue weighted by molar-refractivity contribution is 5.77. The molecular weight excluding hydrogens is 404 g/mol. The second-order valence-electron chi connectivity index (χ2n) is 8.66. The summed E-state index contributed by atoms with van der Waals surface area (Å²) in [5.74, 6) is 1.07. The van der Waals surface area contributed by atoms with Gasteiger partial charge in [0, 0.05) is 52.0 Å². The first-order valence-corrected chi connectivity index (χ1v) is 11.3. The Morgan fingerprint density at radius 2 is 1.78 bits per heavy atom. The second-order valence-corrected chi connectivity index (χ2v) is 8.66.